The van der Waals surface area contributed by atoms with Crippen LogP contribution in [0.4, 0.5) is 0 Å². The summed E-state index contributed by atoms with van der Waals surface area (Å²) in [5, 5.41) is 11.7. The van der Waals surface area contributed by atoms with Gasteiger partial charge >= 0.3 is 0 Å². The van der Waals surface area contributed by atoms with Crippen molar-refractivity contribution in [3.8, 4) is 0 Å². The van der Waals surface area contributed by atoms with E-state index in [0.717, 1.165) is 13.1 Å². The van der Waals surface area contributed by atoms with Crippen LogP contribution in [-0.2, 0) is 4.74 Å². The van der Waals surface area contributed by atoms with Crippen molar-refractivity contribution < 1.29 is 9.84 Å². The quantitative estimate of drug-likeness (QED) is 0.509. The first-order chi connectivity index (χ1) is 5.91. The van der Waals surface area contributed by atoms with Gasteiger partial charge < -0.3 is 15.2 Å². The summed E-state index contributed by atoms with van der Waals surface area (Å²) in [5.74, 6) is 0. The van der Waals surface area contributed by atoms with Crippen molar-refractivity contribution in [3.63, 3.8) is 0 Å². The highest BCUT2D eigenvalue weighted by atomic mass is 16.5. The van der Waals surface area contributed by atoms with Gasteiger partial charge in [-0.05, 0) is 13.0 Å². The van der Waals surface area contributed by atoms with Crippen LogP contribution in [0.3, 0.4) is 0 Å². The Hall–Kier alpha value is -0.120. The van der Waals surface area contributed by atoms with E-state index in [1.165, 1.54) is 19.3 Å². The minimum Gasteiger partial charge on any atom is -0.394 e. The highest BCUT2D eigenvalue weighted by Crippen LogP contribution is 1.90. The molecule has 12 heavy (non-hydrogen) atoms. The standard InChI is InChI=1S/C9H21NO2/c1-2-3-4-5-10-6-8-12-9-7-11/h10-11H,2-9H2,1H3. The van der Waals surface area contributed by atoms with E-state index >= 15 is 0 Å². The monoisotopic (exact) mass is 175 g/mol. The highest BCUT2D eigenvalue weighted by Gasteiger charge is 1.88. The number of hydrogen-bond donors (Lipinski definition) is 2. The second-order valence-electron chi connectivity index (χ2n) is 2.79. The summed E-state index contributed by atoms with van der Waals surface area (Å²) in [5.41, 5.74) is 0. The van der Waals surface area contributed by atoms with E-state index in [-0.39, 0.29) is 6.61 Å². The molecule has 0 unspecified atom stereocenters. The number of aliphatic hydroxyl groups is 1. The van der Waals surface area contributed by atoms with E-state index in [0.29, 0.717) is 13.2 Å². The number of hydrogen-bond acceptors (Lipinski definition) is 3. The van der Waals surface area contributed by atoms with Gasteiger partial charge in [0.25, 0.3) is 0 Å². The maximum absolute atomic E-state index is 8.39. The van der Waals surface area contributed by atoms with Gasteiger partial charge in [0.15, 0.2) is 0 Å². The Balaban J connectivity index is 2.73. The number of rotatable bonds is 9. The van der Waals surface area contributed by atoms with Crippen molar-refractivity contribution in [2.75, 3.05) is 32.9 Å². The smallest absolute Gasteiger partial charge is 0.0698 e. The molecule has 0 bridgehead atoms. The van der Waals surface area contributed by atoms with Crippen LogP contribution < -0.4 is 5.32 Å². The van der Waals surface area contributed by atoms with Gasteiger partial charge in [0.05, 0.1) is 19.8 Å². The first-order valence-electron chi connectivity index (χ1n) is 4.81. The molecule has 0 fully saturated rings. The average Bonchev–Trinajstić information content (AvgIpc) is 2.10. The molecule has 0 spiro atoms. The average molecular weight is 175 g/mol. The lowest BCUT2D eigenvalue weighted by Crippen LogP contribution is -2.21. The predicted octanol–water partition coefficient (Wildman–Crippen LogP) is 0.775. The Kier molecular flexibility index (Phi) is 10.8. The van der Waals surface area contributed by atoms with Gasteiger partial charge in [-0.2, -0.15) is 0 Å². The zero-order valence-electron chi connectivity index (χ0n) is 8.01. The maximum Gasteiger partial charge on any atom is 0.0698 e. The topological polar surface area (TPSA) is 41.5 Å². The molecule has 0 heterocycles. The van der Waals surface area contributed by atoms with Crippen LogP contribution in [0.2, 0.25) is 0 Å². The Morgan fingerprint density at radius 3 is 2.67 bits per heavy atom. The predicted molar refractivity (Wildman–Crippen MR) is 50.3 cm³/mol. The van der Waals surface area contributed by atoms with Crippen molar-refractivity contribution in [2.24, 2.45) is 0 Å². The third-order valence-corrected chi connectivity index (χ3v) is 1.62. The molecule has 74 valence electrons. The van der Waals surface area contributed by atoms with Crippen LogP contribution in [-0.4, -0.2) is 38.0 Å². The molecule has 0 rings (SSSR count). The molecule has 0 radical (unpaired) electrons. The molecular weight excluding hydrogens is 154 g/mol. The van der Waals surface area contributed by atoms with Gasteiger partial charge in [-0.25, -0.2) is 0 Å². The number of unbranched alkanes of at least 4 members (excludes halogenated alkanes) is 2. The lowest BCUT2D eigenvalue weighted by molar-refractivity contribution is 0.0939. The minimum atomic E-state index is 0.121. The second-order valence-corrected chi connectivity index (χ2v) is 2.79. The number of nitrogens with one attached hydrogen (secondary N) is 1. The lowest BCUT2D eigenvalue weighted by atomic mass is 10.2. The number of aliphatic hydroxyl groups excluding tert-OH is 1. The van der Waals surface area contributed by atoms with Crippen LogP contribution >= 0.6 is 0 Å². The zero-order chi connectivity index (χ0) is 9.07. The van der Waals surface area contributed by atoms with E-state index in [1.807, 2.05) is 0 Å². The molecule has 0 atom stereocenters. The molecule has 0 aromatic heterocycles. The van der Waals surface area contributed by atoms with Crippen LogP contribution in [0.1, 0.15) is 26.2 Å². The van der Waals surface area contributed by atoms with Crippen LogP contribution in [0.25, 0.3) is 0 Å². The normalized spacial score (nSPS) is 10.5. The second kappa shape index (κ2) is 10.9. The number of ether oxygens (including phenoxy) is 1. The summed E-state index contributed by atoms with van der Waals surface area (Å²) in [7, 11) is 0. The summed E-state index contributed by atoms with van der Waals surface area (Å²) in [6.45, 7) is 5.45. The fourth-order valence-electron chi connectivity index (χ4n) is 0.936. The molecule has 0 aliphatic carbocycles. The SMILES string of the molecule is CCCCCNCCOCCO. The lowest BCUT2D eigenvalue weighted by Gasteiger charge is -2.04. The molecule has 0 aromatic rings. The summed E-state index contributed by atoms with van der Waals surface area (Å²) in [6, 6.07) is 0. The van der Waals surface area contributed by atoms with E-state index in [2.05, 4.69) is 12.2 Å². The summed E-state index contributed by atoms with van der Waals surface area (Å²) >= 11 is 0. The Labute approximate surface area is 75.1 Å². The van der Waals surface area contributed by atoms with Gasteiger partial charge in [-0.3, -0.25) is 0 Å². The minimum absolute atomic E-state index is 0.121. The van der Waals surface area contributed by atoms with Gasteiger partial charge in [0.2, 0.25) is 0 Å². The molecule has 0 saturated heterocycles. The van der Waals surface area contributed by atoms with Crippen molar-refractivity contribution in [1.29, 1.82) is 0 Å². The fourth-order valence-corrected chi connectivity index (χ4v) is 0.936. The highest BCUT2D eigenvalue weighted by molar-refractivity contribution is 4.46. The summed E-state index contributed by atoms with van der Waals surface area (Å²) < 4.78 is 5.08. The summed E-state index contributed by atoms with van der Waals surface area (Å²) in [6.07, 6.45) is 3.81. The zero-order valence-corrected chi connectivity index (χ0v) is 8.01. The molecule has 0 amide bonds. The Morgan fingerprint density at radius 1 is 1.17 bits per heavy atom. The molecule has 2 N–H and O–H groups in total. The molecule has 0 saturated carbocycles. The fraction of sp³-hybridized carbons (Fsp3) is 1.00. The first-order valence-corrected chi connectivity index (χ1v) is 4.81. The van der Waals surface area contributed by atoms with Crippen molar-refractivity contribution in [3.05, 3.63) is 0 Å². The largest absolute Gasteiger partial charge is 0.394 e. The van der Waals surface area contributed by atoms with Crippen LogP contribution in [0.15, 0.2) is 0 Å². The van der Waals surface area contributed by atoms with E-state index < -0.39 is 0 Å². The molecular formula is C9H21NO2. The molecule has 0 aromatic carbocycles. The Bertz CT molecular complexity index is 68.9. The van der Waals surface area contributed by atoms with E-state index in [1.54, 1.807) is 0 Å². The van der Waals surface area contributed by atoms with E-state index in [4.69, 9.17) is 9.84 Å². The van der Waals surface area contributed by atoms with Gasteiger partial charge in [0.1, 0.15) is 0 Å². The van der Waals surface area contributed by atoms with Crippen LogP contribution in [0.5, 0.6) is 0 Å². The van der Waals surface area contributed by atoms with Crippen molar-refractivity contribution >= 4 is 0 Å². The third kappa shape index (κ3) is 9.88. The molecule has 0 aliphatic heterocycles. The first kappa shape index (κ1) is 11.9. The van der Waals surface area contributed by atoms with E-state index in [9.17, 15) is 0 Å². The molecule has 0 aliphatic rings. The third-order valence-electron chi connectivity index (χ3n) is 1.62. The molecule has 3 nitrogen and oxygen atoms in total. The van der Waals surface area contributed by atoms with Crippen LogP contribution in [0, 0.1) is 0 Å². The van der Waals surface area contributed by atoms with Gasteiger partial charge in [0, 0.05) is 6.54 Å². The van der Waals surface area contributed by atoms with Crippen molar-refractivity contribution in [2.45, 2.75) is 26.2 Å². The van der Waals surface area contributed by atoms with Crippen molar-refractivity contribution in [1.82, 2.24) is 5.32 Å². The molecule has 3 heteroatoms. The summed E-state index contributed by atoms with van der Waals surface area (Å²) in [4.78, 5) is 0. The van der Waals surface area contributed by atoms with Gasteiger partial charge in [-0.15, -0.1) is 0 Å². The Morgan fingerprint density at radius 2 is 2.00 bits per heavy atom. The maximum atomic E-state index is 8.39. The van der Waals surface area contributed by atoms with Gasteiger partial charge in [-0.1, -0.05) is 19.8 Å².